The summed E-state index contributed by atoms with van der Waals surface area (Å²) in [5, 5.41) is 6.45. The zero-order valence-corrected chi connectivity index (χ0v) is 12.1. The second kappa shape index (κ2) is 6.43. The fourth-order valence-corrected chi connectivity index (χ4v) is 2.32. The maximum atomic E-state index is 5.87. The summed E-state index contributed by atoms with van der Waals surface area (Å²) >= 11 is 1.66. The van der Waals surface area contributed by atoms with Gasteiger partial charge in [-0.05, 0) is 19.4 Å². The maximum Gasteiger partial charge on any atom is 0.123 e. The molecule has 1 aromatic carbocycles. The first-order valence-corrected chi connectivity index (χ1v) is 7.23. The van der Waals surface area contributed by atoms with Gasteiger partial charge in [0.25, 0.3) is 0 Å². The molecule has 102 valence electrons. The topological polar surface area (TPSA) is 60.2 Å². The number of aryl methyl sites for hydroxylation is 1. The SMILES string of the molecule is CCCOc1cc(N)cc(NCc2csc(C)n2)c1. The summed E-state index contributed by atoms with van der Waals surface area (Å²) in [5.41, 5.74) is 8.57. The van der Waals surface area contributed by atoms with Gasteiger partial charge in [-0.25, -0.2) is 4.98 Å². The third-order valence-corrected chi connectivity index (χ3v) is 3.36. The number of anilines is 2. The van der Waals surface area contributed by atoms with Crippen LogP contribution in [0.15, 0.2) is 23.6 Å². The minimum absolute atomic E-state index is 0.695. The number of hydrogen-bond donors (Lipinski definition) is 2. The number of hydrogen-bond acceptors (Lipinski definition) is 5. The summed E-state index contributed by atoms with van der Waals surface area (Å²) in [6, 6.07) is 5.71. The lowest BCUT2D eigenvalue weighted by molar-refractivity contribution is 0.318. The molecule has 0 spiro atoms. The molecule has 1 heterocycles. The van der Waals surface area contributed by atoms with E-state index in [4.69, 9.17) is 10.5 Å². The van der Waals surface area contributed by atoms with Gasteiger partial charge in [-0.3, -0.25) is 0 Å². The van der Waals surface area contributed by atoms with Crippen LogP contribution in [0.1, 0.15) is 24.0 Å². The Labute approximate surface area is 117 Å². The molecule has 1 aromatic heterocycles. The number of rotatable bonds is 6. The van der Waals surface area contributed by atoms with E-state index in [0.717, 1.165) is 28.6 Å². The molecule has 2 aromatic rings. The molecule has 0 saturated carbocycles. The van der Waals surface area contributed by atoms with Gasteiger partial charge in [0.1, 0.15) is 5.75 Å². The van der Waals surface area contributed by atoms with Gasteiger partial charge in [0.15, 0.2) is 0 Å². The van der Waals surface area contributed by atoms with Gasteiger partial charge in [-0.15, -0.1) is 11.3 Å². The van der Waals surface area contributed by atoms with Gasteiger partial charge < -0.3 is 15.8 Å². The Bertz CT molecular complexity index is 539. The fraction of sp³-hybridized carbons (Fsp3) is 0.357. The van der Waals surface area contributed by atoms with E-state index in [0.29, 0.717) is 18.8 Å². The third-order valence-electron chi connectivity index (χ3n) is 2.54. The van der Waals surface area contributed by atoms with E-state index in [2.05, 4.69) is 22.6 Å². The summed E-state index contributed by atoms with van der Waals surface area (Å²) in [7, 11) is 0. The second-order valence-electron chi connectivity index (χ2n) is 4.35. The van der Waals surface area contributed by atoms with Crippen LogP contribution in [0.3, 0.4) is 0 Å². The van der Waals surface area contributed by atoms with E-state index in [-0.39, 0.29) is 0 Å². The Balaban J connectivity index is 2.01. The van der Waals surface area contributed by atoms with Gasteiger partial charge in [0, 0.05) is 28.9 Å². The van der Waals surface area contributed by atoms with Crippen molar-refractivity contribution in [3.8, 4) is 5.75 Å². The molecular formula is C14H19N3OS. The highest BCUT2D eigenvalue weighted by molar-refractivity contribution is 7.09. The van der Waals surface area contributed by atoms with Gasteiger partial charge in [0.05, 0.1) is 23.9 Å². The summed E-state index contributed by atoms with van der Waals surface area (Å²) in [6.45, 7) is 5.48. The quantitative estimate of drug-likeness (QED) is 0.794. The third kappa shape index (κ3) is 4.13. The Morgan fingerprint density at radius 1 is 1.37 bits per heavy atom. The Morgan fingerprint density at radius 2 is 2.21 bits per heavy atom. The van der Waals surface area contributed by atoms with Crippen LogP contribution < -0.4 is 15.8 Å². The number of benzene rings is 1. The van der Waals surface area contributed by atoms with Crippen LogP contribution in [-0.4, -0.2) is 11.6 Å². The summed E-state index contributed by atoms with van der Waals surface area (Å²) in [6.07, 6.45) is 0.982. The standard InChI is InChI=1S/C14H19N3OS/c1-3-4-18-14-6-11(15)5-12(7-14)16-8-13-9-19-10(2)17-13/h5-7,9,16H,3-4,8,15H2,1-2H3. The average Bonchev–Trinajstić information content (AvgIpc) is 2.79. The highest BCUT2D eigenvalue weighted by atomic mass is 32.1. The van der Waals surface area contributed by atoms with Crippen LogP contribution in [0.2, 0.25) is 0 Å². The van der Waals surface area contributed by atoms with E-state index in [1.54, 1.807) is 11.3 Å². The van der Waals surface area contributed by atoms with Crippen molar-refractivity contribution in [2.45, 2.75) is 26.8 Å². The number of nitrogens with two attached hydrogens (primary N) is 1. The molecule has 19 heavy (non-hydrogen) atoms. The Hall–Kier alpha value is -1.75. The molecule has 0 radical (unpaired) electrons. The van der Waals surface area contributed by atoms with Crippen LogP contribution in [-0.2, 0) is 6.54 Å². The summed E-state index contributed by atoms with van der Waals surface area (Å²) in [5.74, 6) is 0.804. The second-order valence-corrected chi connectivity index (χ2v) is 5.41. The normalized spacial score (nSPS) is 10.4. The van der Waals surface area contributed by atoms with Gasteiger partial charge >= 0.3 is 0 Å². The zero-order valence-electron chi connectivity index (χ0n) is 11.3. The van der Waals surface area contributed by atoms with Gasteiger partial charge in [-0.2, -0.15) is 0 Å². The lowest BCUT2D eigenvalue weighted by Gasteiger charge is -2.10. The van der Waals surface area contributed by atoms with Crippen molar-refractivity contribution in [1.29, 1.82) is 0 Å². The predicted octanol–water partition coefficient (Wildman–Crippen LogP) is 3.43. The average molecular weight is 277 g/mol. The van der Waals surface area contributed by atoms with Crippen molar-refractivity contribution in [3.63, 3.8) is 0 Å². The van der Waals surface area contributed by atoms with E-state index in [9.17, 15) is 0 Å². The van der Waals surface area contributed by atoms with Gasteiger partial charge in [-0.1, -0.05) is 6.92 Å². The molecule has 2 rings (SSSR count). The molecule has 0 bridgehead atoms. The minimum Gasteiger partial charge on any atom is -0.493 e. The van der Waals surface area contributed by atoms with Crippen molar-refractivity contribution < 1.29 is 4.74 Å². The van der Waals surface area contributed by atoms with Crippen molar-refractivity contribution in [1.82, 2.24) is 4.98 Å². The number of thiazole rings is 1. The first kappa shape index (κ1) is 13.7. The smallest absolute Gasteiger partial charge is 0.123 e. The number of nitrogens with zero attached hydrogens (tertiary/aromatic N) is 1. The minimum atomic E-state index is 0.695. The highest BCUT2D eigenvalue weighted by Gasteiger charge is 2.02. The van der Waals surface area contributed by atoms with Crippen molar-refractivity contribution in [2.75, 3.05) is 17.7 Å². The number of aromatic nitrogens is 1. The first-order chi connectivity index (χ1) is 9.17. The van der Waals surface area contributed by atoms with Crippen LogP contribution in [0, 0.1) is 6.92 Å². The number of nitrogen functional groups attached to an aromatic ring is 1. The maximum absolute atomic E-state index is 5.87. The molecule has 0 unspecified atom stereocenters. The molecule has 0 aliphatic carbocycles. The molecule has 0 saturated heterocycles. The van der Waals surface area contributed by atoms with Gasteiger partial charge in [0.2, 0.25) is 0 Å². The van der Waals surface area contributed by atoms with Crippen molar-refractivity contribution in [3.05, 3.63) is 34.3 Å². The molecule has 5 heteroatoms. The van der Waals surface area contributed by atoms with Crippen molar-refractivity contribution in [2.24, 2.45) is 0 Å². The molecule has 0 amide bonds. The van der Waals surface area contributed by atoms with Crippen LogP contribution >= 0.6 is 11.3 Å². The van der Waals surface area contributed by atoms with E-state index in [1.165, 1.54) is 0 Å². The van der Waals surface area contributed by atoms with Crippen LogP contribution in [0.5, 0.6) is 5.75 Å². The predicted molar refractivity (Wildman–Crippen MR) is 80.8 cm³/mol. The zero-order chi connectivity index (χ0) is 13.7. The highest BCUT2D eigenvalue weighted by Crippen LogP contribution is 2.23. The molecule has 0 aliphatic rings. The monoisotopic (exact) mass is 277 g/mol. The Kier molecular flexibility index (Phi) is 4.63. The van der Waals surface area contributed by atoms with E-state index < -0.39 is 0 Å². The van der Waals surface area contributed by atoms with E-state index >= 15 is 0 Å². The molecule has 4 nitrogen and oxygen atoms in total. The van der Waals surface area contributed by atoms with Crippen molar-refractivity contribution >= 4 is 22.7 Å². The molecular weight excluding hydrogens is 258 g/mol. The number of nitrogens with one attached hydrogen (secondary N) is 1. The molecule has 3 N–H and O–H groups in total. The first-order valence-electron chi connectivity index (χ1n) is 6.35. The summed E-state index contributed by atoms with van der Waals surface area (Å²) < 4.78 is 5.60. The lowest BCUT2D eigenvalue weighted by Crippen LogP contribution is -2.02. The lowest BCUT2D eigenvalue weighted by atomic mass is 10.2. The van der Waals surface area contributed by atoms with Crippen LogP contribution in [0.25, 0.3) is 0 Å². The molecule has 0 atom stereocenters. The Morgan fingerprint density at radius 3 is 2.89 bits per heavy atom. The molecule has 0 fully saturated rings. The van der Waals surface area contributed by atoms with Crippen LogP contribution in [0.4, 0.5) is 11.4 Å². The van der Waals surface area contributed by atoms with E-state index in [1.807, 2.05) is 25.1 Å². The largest absolute Gasteiger partial charge is 0.493 e. The summed E-state index contributed by atoms with van der Waals surface area (Å²) in [4.78, 5) is 4.41. The molecule has 0 aliphatic heterocycles. The number of ether oxygens (including phenoxy) is 1. The fourth-order valence-electron chi connectivity index (χ4n) is 1.71.